The molecule has 0 aliphatic carbocycles. The maximum atomic E-state index is 11.6. The quantitative estimate of drug-likeness (QED) is 0.727. The van der Waals surface area contributed by atoms with Gasteiger partial charge >= 0.3 is 6.16 Å². The Morgan fingerprint density at radius 1 is 1.25 bits per heavy atom. The second-order valence-corrected chi connectivity index (χ2v) is 3.03. The normalized spacial score (nSPS) is 9.38. The Morgan fingerprint density at radius 3 is 2.44 bits per heavy atom. The molecule has 1 aromatic rings. The first-order valence-corrected chi connectivity index (χ1v) is 4.67. The van der Waals surface area contributed by atoms with E-state index in [9.17, 15) is 9.59 Å². The third kappa shape index (κ3) is 3.27. The number of methoxy groups -OCH3 is 1. The van der Waals surface area contributed by atoms with Crippen LogP contribution in [0.25, 0.3) is 0 Å². The van der Waals surface area contributed by atoms with Crippen molar-refractivity contribution in [2.75, 3.05) is 25.7 Å². The minimum absolute atomic E-state index is 0.323. The summed E-state index contributed by atoms with van der Waals surface area (Å²) in [5, 5.41) is 0. The Balaban J connectivity index is 2.52. The monoisotopic (exact) mass is 223 g/mol. The number of hydrogen-bond acceptors (Lipinski definition) is 4. The molecular weight excluding hydrogens is 210 g/mol. The lowest BCUT2D eigenvalue weighted by Crippen LogP contribution is -2.31. The lowest BCUT2D eigenvalue weighted by Gasteiger charge is -2.16. The predicted molar refractivity (Wildman–Crippen MR) is 58.2 cm³/mol. The molecule has 0 spiro atoms. The lowest BCUT2D eigenvalue weighted by atomic mass is 10.3. The van der Waals surface area contributed by atoms with Gasteiger partial charge in [0.1, 0.15) is 0 Å². The van der Waals surface area contributed by atoms with Gasteiger partial charge in [0, 0.05) is 12.7 Å². The van der Waals surface area contributed by atoms with E-state index < -0.39 is 6.16 Å². The van der Waals surface area contributed by atoms with Gasteiger partial charge in [-0.05, 0) is 12.1 Å². The van der Waals surface area contributed by atoms with Crippen LogP contribution in [-0.2, 0) is 14.3 Å². The van der Waals surface area contributed by atoms with Crippen LogP contribution in [-0.4, -0.2) is 32.8 Å². The number of rotatable bonds is 3. The van der Waals surface area contributed by atoms with Gasteiger partial charge in [-0.25, -0.2) is 4.79 Å². The van der Waals surface area contributed by atoms with Crippen LogP contribution in [0, 0.1) is 0 Å². The van der Waals surface area contributed by atoms with Crippen LogP contribution in [0.5, 0.6) is 0 Å². The molecular formula is C11H13NO4. The van der Waals surface area contributed by atoms with Crippen LogP contribution in [0.2, 0.25) is 0 Å². The molecule has 1 amide bonds. The summed E-state index contributed by atoms with van der Waals surface area (Å²) in [6.07, 6.45) is -0.866. The fraction of sp³-hybridized carbons (Fsp3) is 0.273. The molecule has 0 saturated carbocycles. The van der Waals surface area contributed by atoms with Crippen LogP contribution in [0.1, 0.15) is 0 Å². The van der Waals surface area contributed by atoms with Crippen molar-refractivity contribution in [1.29, 1.82) is 0 Å². The highest BCUT2D eigenvalue weighted by atomic mass is 16.7. The van der Waals surface area contributed by atoms with E-state index in [0.717, 1.165) is 5.69 Å². The van der Waals surface area contributed by atoms with Gasteiger partial charge in [-0.2, -0.15) is 0 Å². The highest BCUT2D eigenvalue weighted by molar-refractivity contribution is 5.94. The lowest BCUT2D eigenvalue weighted by molar-refractivity contribution is -0.121. The minimum Gasteiger partial charge on any atom is -0.438 e. The van der Waals surface area contributed by atoms with E-state index in [1.54, 1.807) is 19.2 Å². The summed E-state index contributed by atoms with van der Waals surface area (Å²) < 4.78 is 8.80. The average Bonchev–Trinajstić information content (AvgIpc) is 2.35. The summed E-state index contributed by atoms with van der Waals surface area (Å²) in [5.41, 5.74) is 0.737. The van der Waals surface area contributed by atoms with E-state index in [0.29, 0.717) is 0 Å². The maximum Gasteiger partial charge on any atom is 0.508 e. The second kappa shape index (κ2) is 5.75. The number of hydrogen-bond donors (Lipinski definition) is 0. The van der Waals surface area contributed by atoms with E-state index in [4.69, 9.17) is 0 Å². The van der Waals surface area contributed by atoms with Crippen molar-refractivity contribution in [2.24, 2.45) is 0 Å². The summed E-state index contributed by atoms with van der Waals surface area (Å²) in [7, 11) is 2.80. The molecule has 86 valence electrons. The molecule has 1 rings (SSSR count). The zero-order valence-corrected chi connectivity index (χ0v) is 9.17. The SMILES string of the molecule is COC(=O)OCC(=O)N(C)c1ccccc1. The van der Waals surface area contributed by atoms with Gasteiger partial charge in [0.15, 0.2) is 6.61 Å². The van der Waals surface area contributed by atoms with Crippen LogP contribution >= 0.6 is 0 Å². The Labute approximate surface area is 93.6 Å². The zero-order chi connectivity index (χ0) is 12.0. The fourth-order valence-corrected chi connectivity index (χ4v) is 1.07. The van der Waals surface area contributed by atoms with Gasteiger partial charge in [-0.15, -0.1) is 0 Å². The molecule has 0 aliphatic heterocycles. The summed E-state index contributed by atoms with van der Waals surface area (Å²) in [6.45, 7) is -0.335. The standard InChI is InChI=1S/C11H13NO4/c1-12(9-6-4-3-5-7-9)10(13)8-16-11(14)15-2/h3-7H,8H2,1-2H3. The number of likely N-dealkylation sites (N-methyl/N-ethyl adjacent to an activating group) is 1. The van der Waals surface area contributed by atoms with E-state index in [1.165, 1.54) is 12.0 Å². The summed E-state index contributed by atoms with van der Waals surface area (Å²) in [5.74, 6) is -0.323. The highest BCUT2D eigenvalue weighted by Gasteiger charge is 2.13. The number of carbonyl (C=O) groups excluding carboxylic acids is 2. The maximum absolute atomic E-state index is 11.6. The van der Waals surface area contributed by atoms with E-state index in [-0.39, 0.29) is 12.5 Å². The molecule has 5 nitrogen and oxygen atoms in total. The van der Waals surface area contributed by atoms with Crippen LogP contribution in [0.4, 0.5) is 10.5 Å². The topological polar surface area (TPSA) is 55.8 Å². The van der Waals surface area contributed by atoms with Gasteiger partial charge in [0.05, 0.1) is 7.11 Å². The Bertz CT molecular complexity index is 364. The second-order valence-electron chi connectivity index (χ2n) is 3.03. The average molecular weight is 223 g/mol. The zero-order valence-electron chi connectivity index (χ0n) is 9.17. The number of para-hydroxylation sites is 1. The molecule has 0 unspecified atom stereocenters. The third-order valence-electron chi connectivity index (χ3n) is 2.00. The van der Waals surface area contributed by atoms with Gasteiger partial charge in [-0.1, -0.05) is 18.2 Å². The van der Waals surface area contributed by atoms with Crippen molar-refractivity contribution in [2.45, 2.75) is 0 Å². The number of anilines is 1. The summed E-state index contributed by atoms with van der Waals surface area (Å²) in [4.78, 5) is 23.6. The molecule has 0 aromatic heterocycles. The largest absolute Gasteiger partial charge is 0.508 e. The van der Waals surface area contributed by atoms with Crippen molar-refractivity contribution in [3.63, 3.8) is 0 Å². The first-order chi connectivity index (χ1) is 7.65. The molecule has 0 radical (unpaired) electrons. The van der Waals surface area contributed by atoms with Crippen molar-refractivity contribution in [3.05, 3.63) is 30.3 Å². The van der Waals surface area contributed by atoms with E-state index in [1.807, 2.05) is 18.2 Å². The van der Waals surface area contributed by atoms with Gasteiger partial charge in [0.2, 0.25) is 0 Å². The molecule has 0 aliphatic rings. The molecule has 0 atom stereocenters. The molecule has 0 bridgehead atoms. The molecule has 1 aromatic carbocycles. The number of nitrogens with zero attached hydrogens (tertiary/aromatic N) is 1. The smallest absolute Gasteiger partial charge is 0.438 e. The van der Waals surface area contributed by atoms with Crippen molar-refractivity contribution in [1.82, 2.24) is 0 Å². The number of carbonyl (C=O) groups is 2. The van der Waals surface area contributed by atoms with Crippen molar-refractivity contribution in [3.8, 4) is 0 Å². The third-order valence-corrected chi connectivity index (χ3v) is 2.00. The predicted octanol–water partition coefficient (Wildman–Crippen LogP) is 1.43. The van der Waals surface area contributed by atoms with Gasteiger partial charge < -0.3 is 14.4 Å². The first kappa shape index (κ1) is 12.0. The van der Waals surface area contributed by atoms with Crippen LogP contribution in [0.15, 0.2) is 30.3 Å². The van der Waals surface area contributed by atoms with Crippen LogP contribution in [0.3, 0.4) is 0 Å². The van der Waals surface area contributed by atoms with Crippen molar-refractivity contribution < 1.29 is 19.1 Å². The Morgan fingerprint density at radius 2 is 1.88 bits per heavy atom. The Hall–Kier alpha value is -2.04. The van der Waals surface area contributed by atoms with E-state index >= 15 is 0 Å². The van der Waals surface area contributed by atoms with Gasteiger partial charge in [0.25, 0.3) is 5.91 Å². The summed E-state index contributed by atoms with van der Waals surface area (Å²) in [6, 6.07) is 9.07. The fourth-order valence-electron chi connectivity index (χ4n) is 1.07. The molecule has 16 heavy (non-hydrogen) atoms. The van der Waals surface area contributed by atoms with E-state index in [2.05, 4.69) is 9.47 Å². The van der Waals surface area contributed by atoms with Gasteiger partial charge in [-0.3, -0.25) is 4.79 Å². The number of ether oxygens (including phenoxy) is 2. The molecule has 0 saturated heterocycles. The number of benzene rings is 1. The number of amides is 1. The molecule has 5 heteroatoms. The van der Waals surface area contributed by atoms with Crippen molar-refractivity contribution >= 4 is 17.7 Å². The first-order valence-electron chi connectivity index (χ1n) is 4.67. The minimum atomic E-state index is -0.866. The van der Waals surface area contributed by atoms with Crippen LogP contribution < -0.4 is 4.90 Å². The summed E-state index contributed by atoms with van der Waals surface area (Å²) >= 11 is 0. The molecule has 0 N–H and O–H groups in total. The Kier molecular flexibility index (Phi) is 4.32. The highest BCUT2D eigenvalue weighted by Crippen LogP contribution is 2.10. The molecule has 0 fully saturated rings. The molecule has 0 heterocycles.